The maximum absolute atomic E-state index is 13.0. The third kappa shape index (κ3) is 6.70. The molecular weight excluding hydrogens is 456 g/mol. The molecule has 34 heavy (non-hydrogen) atoms. The summed E-state index contributed by atoms with van der Waals surface area (Å²) in [6.45, 7) is 6.44. The second kappa shape index (κ2) is 10.9. The van der Waals surface area contributed by atoms with Crippen LogP contribution in [0, 0.1) is 0 Å². The van der Waals surface area contributed by atoms with Crippen LogP contribution in [0.15, 0.2) is 42.6 Å². The lowest BCUT2D eigenvalue weighted by Gasteiger charge is -2.28. The number of likely N-dealkylation sites (tertiary alicyclic amines) is 1. The molecule has 1 N–H and O–H groups in total. The number of ether oxygens (including phenoxy) is 1. The van der Waals surface area contributed by atoms with Gasteiger partial charge in [0.1, 0.15) is 11.6 Å². The van der Waals surface area contributed by atoms with Gasteiger partial charge in [0.25, 0.3) is 0 Å². The molecule has 1 aliphatic rings. The van der Waals surface area contributed by atoms with Crippen molar-refractivity contribution < 1.29 is 19.1 Å². The molecule has 1 unspecified atom stereocenters. The summed E-state index contributed by atoms with van der Waals surface area (Å²) in [7, 11) is 1.72. The molecule has 0 saturated carbocycles. The minimum Gasteiger partial charge on any atom is -0.456 e. The Kier molecular flexibility index (Phi) is 8.15. The highest BCUT2D eigenvalue weighted by molar-refractivity contribution is 6.31. The van der Waals surface area contributed by atoms with Crippen LogP contribution in [-0.4, -0.2) is 57.9 Å². The summed E-state index contributed by atoms with van der Waals surface area (Å²) in [4.78, 5) is 45.5. The molecule has 0 radical (unpaired) electrons. The van der Waals surface area contributed by atoms with Crippen molar-refractivity contribution >= 4 is 29.5 Å². The molecule has 1 saturated heterocycles. The topological polar surface area (TPSA) is 91.8 Å². The number of esters is 1. The van der Waals surface area contributed by atoms with Gasteiger partial charge in [0, 0.05) is 31.4 Å². The van der Waals surface area contributed by atoms with E-state index in [1.807, 2.05) is 18.2 Å². The van der Waals surface area contributed by atoms with Gasteiger partial charge in [-0.2, -0.15) is 0 Å². The standard InChI is InChI=1S/C25H31ClN4O4/c1-25(2,3)34-23(32)17-10-11-18(20(26)14-17)15-28-24(33)30-13-7-9-21(30)22(31)29(4)16-19-8-5-6-12-27-19/h5-6,8,10-12,14,21H,7,9,13,15-16H2,1-4H3,(H,28,33). The molecule has 0 spiro atoms. The quantitative estimate of drug-likeness (QED) is 0.622. The molecule has 1 aromatic carbocycles. The van der Waals surface area contributed by atoms with Crippen molar-refractivity contribution in [1.29, 1.82) is 0 Å². The van der Waals surface area contributed by atoms with E-state index in [2.05, 4.69) is 10.3 Å². The van der Waals surface area contributed by atoms with Crippen LogP contribution >= 0.6 is 11.6 Å². The largest absolute Gasteiger partial charge is 0.456 e. The van der Waals surface area contributed by atoms with E-state index in [-0.39, 0.29) is 18.5 Å². The maximum Gasteiger partial charge on any atom is 0.338 e. The van der Waals surface area contributed by atoms with E-state index in [4.69, 9.17) is 16.3 Å². The summed E-state index contributed by atoms with van der Waals surface area (Å²) in [5.74, 6) is -0.573. The summed E-state index contributed by atoms with van der Waals surface area (Å²) in [5, 5.41) is 3.20. The van der Waals surface area contributed by atoms with Gasteiger partial charge in [-0.25, -0.2) is 9.59 Å². The van der Waals surface area contributed by atoms with Gasteiger partial charge in [-0.3, -0.25) is 9.78 Å². The molecule has 3 rings (SSSR count). The van der Waals surface area contributed by atoms with Crippen molar-refractivity contribution in [3.05, 3.63) is 64.4 Å². The van der Waals surface area contributed by atoms with Crippen LogP contribution in [0.1, 0.15) is 55.2 Å². The summed E-state index contributed by atoms with van der Waals surface area (Å²) >= 11 is 6.35. The van der Waals surface area contributed by atoms with E-state index in [9.17, 15) is 14.4 Å². The van der Waals surface area contributed by atoms with Crippen molar-refractivity contribution in [2.75, 3.05) is 13.6 Å². The number of hydrogen-bond donors (Lipinski definition) is 1. The lowest BCUT2D eigenvalue weighted by molar-refractivity contribution is -0.134. The first-order valence-electron chi connectivity index (χ1n) is 11.3. The lowest BCUT2D eigenvalue weighted by Crippen LogP contribution is -2.49. The number of nitrogens with zero attached hydrogens (tertiary/aromatic N) is 3. The molecule has 3 amide bonds. The number of likely N-dealkylation sites (N-methyl/N-ethyl adjacent to an activating group) is 1. The van der Waals surface area contributed by atoms with E-state index in [0.29, 0.717) is 35.7 Å². The number of pyridine rings is 1. The Morgan fingerprint density at radius 2 is 2.00 bits per heavy atom. The second-order valence-electron chi connectivity index (χ2n) is 9.33. The third-order valence-corrected chi connectivity index (χ3v) is 5.77. The van der Waals surface area contributed by atoms with Gasteiger partial charge < -0.3 is 19.9 Å². The second-order valence-corrected chi connectivity index (χ2v) is 9.74. The summed E-state index contributed by atoms with van der Waals surface area (Å²) in [6, 6.07) is 9.57. The first-order chi connectivity index (χ1) is 16.0. The smallest absolute Gasteiger partial charge is 0.338 e. The van der Waals surface area contributed by atoms with Crippen molar-refractivity contribution in [3.8, 4) is 0 Å². The Bertz CT molecular complexity index is 1040. The van der Waals surface area contributed by atoms with E-state index in [1.165, 1.54) is 6.07 Å². The molecule has 1 aromatic heterocycles. The highest BCUT2D eigenvalue weighted by Crippen LogP contribution is 2.22. The molecule has 2 heterocycles. The molecule has 0 bridgehead atoms. The van der Waals surface area contributed by atoms with Crippen molar-refractivity contribution in [2.45, 2.75) is 58.3 Å². The fourth-order valence-electron chi connectivity index (χ4n) is 3.76. The zero-order valence-electron chi connectivity index (χ0n) is 20.0. The van der Waals surface area contributed by atoms with Gasteiger partial charge in [0.05, 0.1) is 17.8 Å². The molecule has 2 aromatic rings. The number of urea groups is 1. The molecule has 1 aliphatic heterocycles. The SMILES string of the molecule is CN(Cc1ccccn1)C(=O)C1CCCN1C(=O)NCc1ccc(C(=O)OC(C)(C)C)cc1Cl. The monoisotopic (exact) mass is 486 g/mol. The number of aromatic nitrogens is 1. The fourth-order valence-corrected chi connectivity index (χ4v) is 4.01. The molecule has 8 nitrogen and oxygen atoms in total. The van der Waals surface area contributed by atoms with Crippen molar-refractivity contribution in [3.63, 3.8) is 0 Å². The molecule has 0 aliphatic carbocycles. The van der Waals surface area contributed by atoms with Crippen LogP contribution in [0.4, 0.5) is 4.79 Å². The predicted molar refractivity (Wildman–Crippen MR) is 129 cm³/mol. The van der Waals surface area contributed by atoms with Crippen LogP contribution in [0.3, 0.4) is 0 Å². The zero-order valence-corrected chi connectivity index (χ0v) is 20.8. The van der Waals surface area contributed by atoms with Crippen molar-refractivity contribution in [2.24, 2.45) is 0 Å². The van der Waals surface area contributed by atoms with Crippen LogP contribution in [-0.2, 0) is 22.6 Å². The summed E-state index contributed by atoms with van der Waals surface area (Å²) < 4.78 is 5.36. The van der Waals surface area contributed by atoms with Crippen LogP contribution < -0.4 is 5.32 Å². The Balaban J connectivity index is 1.58. The van der Waals surface area contributed by atoms with E-state index in [0.717, 1.165) is 12.1 Å². The van der Waals surface area contributed by atoms with E-state index >= 15 is 0 Å². The predicted octanol–water partition coefficient (Wildman–Crippen LogP) is 4.02. The fraction of sp³-hybridized carbons (Fsp3) is 0.440. The van der Waals surface area contributed by atoms with E-state index in [1.54, 1.807) is 55.9 Å². The van der Waals surface area contributed by atoms with Crippen LogP contribution in [0.5, 0.6) is 0 Å². The highest BCUT2D eigenvalue weighted by atomic mass is 35.5. The van der Waals surface area contributed by atoms with Crippen LogP contribution in [0.2, 0.25) is 5.02 Å². The number of hydrogen-bond acceptors (Lipinski definition) is 5. The average Bonchev–Trinajstić information content (AvgIpc) is 3.27. The highest BCUT2D eigenvalue weighted by Gasteiger charge is 2.35. The summed E-state index contributed by atoms with van der Waals surface area (Å²) in [5.41, 5.74) is 1.19. The lowest BCUT2D eigenvalue weighted by atomic mass is 10.1. The van der Waals surface area contributed by atoms with E-state index < -0.39 is 17.6 Å². The number of benzene rings is 1. The number of amides is 3. The van der Waals surface area contributed by atoms with Gasteiger partial charge >= 0.3 is 12.0 Å². The minimum atomic E-state index is -0.606. The first kappa shape index (κ1) is 25.5. The zero-order chi connectivity index (χ0) is 24.9. The Morgan fingerprint density at radius 3 is 2.65 bits per heavy atom. The number of rotatable bonds is 6. The molecule has 182 valence electrons. The molecule has 1 atom stereocenters. The molecular formula is C25H31ClN4O4. The number of carbonyl (C=O) groups is 3. The number of nitrogens with one attached hydrogen (secondary N) is 1. The minimum absolute atomic E-state index is 0.113. The summed E-state index contributed by atoms with van der Waals surface area (Å²) in [6.07, 6.45) is 3.06. The Labute approximate surface area is 205 Å². The first-order valence-corrected chi connectivity index (χ1v) is 11.6. The number of carbonyl (C=O) groups excluding carboxylic acids is 3. The van der Waals surface area contributed by atoms with Crippen molar-refractivity contribution in [1.82, 2.24) is 20.1 Å². The number of halogens is 1. The average molecular weight is 487 g/mol. The Hall–Kier alpha value is -3.13. The van der Waals surface area contributed by atoms with Gasteiger partial charge in [-0.05, 0) is 63.4 Å². The van der Waals surface area contributed by atoms with Crippen LogP contribution in [0.25, 0.3) is 0 Å². The maximum atomic E-state index is 13.0. The van der Waals surface area contributed by atoms with Gasteiger partial charge in [-0.15, -0.1) is 0 Å². The molecule has 9 heteroatoms. The normalized spacial score (nSPS) is 15.7. The van der Waals surface area contributed by atoms with Gasteiger partial charge in [-0.1, -0.05) is 23.7 Å². The molecule has 1 fully saturated rings. The van der Waals surface area contributed by atoms with Gasteiger partial charge in [0.15, 0.2) is 0 Å². The Morgan fingerprint density at radius 1 is 1.24 bits per heavy atom. The third-order valence-electron chi connectivity index (χ3n) is 5.42. The van der Waals surface area contributed by atoms with Gasteiger partial charge in [0.2, 0.25) is 5.91 Å².